The Bertz CT molecular complexity index is 577. The smallest absolute Gasteiger partial charge is 0.180 e. The molecule has 0 radical (unpaired) electrons. The van der Waals surface area contributed by atoms with E-state index in [9.17, 15) is 0 Å². The molecule has 116 valence electrons. The van der Waals surface area contributed by atoms with Crippen LogP contribution in [-0.4, -0.2) is 19.2 Å². The van der Waals surface area contributed by atoms with Crippen molar-refractivity contribution in [2.24, 2.45) is 0 Å². The molecule has 2 aromatic rings. The first kappa shape index (κ1) is 17.6. The molecule has 0 saturated heterocycles. The zero-order valence-corrected chi connectivity index (χ0v) is 13.9. The maximum absolute atomic E-state index is 5.62. The Morgan fingerprint density at radius 2 is 2.00 bits per heavy atom. The molecule has 1 aromatic carbocycles. The summed E-state index contributed by atoms with van der Waals surface area (Å²) >= 11 is 1.50. The van der Waals surface area contributed by atoms with Gasteiger partial charge in [-0.15, -0.1) is 23.7 Å². The van der Waals surface area contributed by atoms with E-state index < -0.39 is 0 Å². The molecule has 1 atom stereocenters. The highest BCUT2D eigenvalue weighted by molar-refractivity contribution is 7.15. The number of nitrogens with one attached hydrogen (secondary N) is 1. The Labute approximate surface area is 134 Å². The van der Waals surface area contributed by atoms with Crippen LogP contribution in [0.5, 0.6) is 11.5 Å². The number of halogens is 1. The fraction of sp³-hybridized carbons (Fsp3) is 0.357. The van der Waals surface area contributed by atoms with Crippen LogP contribution in [-0.2, 0) is 6.54 Å². The molecule has 0 aliphatic rings. The third kappa shape index (κ3) is 4.49. The second-order valence-corrected chi connectivity index (χ2v) is 5.53. The summed E-state index contributed by atoms with van der Waals surface area (Å²) in [5, 5.41) is 4.03. The number of nitrogen functional groups attached to an aromatic ring is 1. The van der Waals surface area contributed by atoms with Gasteiger partial charge in [0, 0.05) is 23.7 Å². The summed E-state index contributed by atoms with van der Waals surface area (Å²) in [5.74, 6) is 1.47. The highest BCUT2D eigenvalue weighted by Crippen LogP contribution is 2.30. The van der Waals surface area contributed by atoms with Crippen molar-refractivity contribution in [1.82, 2.24) is 10.3 Å². The van der Waals surface area contributed by atoms with Crippen molar-refractivity contribution in [3.05, 3.63) is 34.8 Å². The summed E-state index contributed by atoms with van der Waals surface area (Å²) in [6.45, 7) is 2.84. The average molecular weight is 330 g/mol. The van der Waals surface area contributed by atoms with Gasteiger partial charge in [0.25, 0.3) is 0 Å². The molecule has 0 bridgehead atoms. The lowest BCUT2D eigenvalue weighted by Gasteiger charge is -2.16. The number of anilines is 1. The number of aromatic nitrogens is 1. The molecule has 3 N–H and O–H groups in total. The minimum absolute atomic E-state index is 0. The molecule has 2 rings (SSSR count). The molecule has 1 unspecified atom stereocenters. The summed E-state index contributed by atoms with van der Waals surface area (Å²) in [4.78, 5) is 5.16. The predicted octanol–water partition coefficient (Wildman–Crippen LogP) is 3.02. The van der Waals surface area contributed by atoms with Crippen LogP contribution >= 0.6 is 23.7 Å². The van der Waals surface area contributed by atoms with Crippen molar-refractivity contribution in [3.8, 4) is 11.5 Å². The lowest BCUT2D eigenvalue weighted by molar-refractivity contribution is 0.354. The van der Waals surface area contributed by atoms with Crippen LogP contribution in [0.4, 0.5) is 5.13 Å². The third-order valence-corrected chi connectivity index (χ3v) is 3.89. The highest BCUT2D eigenvalue weighted by Gasteiger charge is 2.10. The van der Waals surface area contributed by atoms with Crippen LogP contribution in [0.3, 0.4) is 0 Å². The lowest BCUT2D eigenvalue weighted by atomic mass is 10.1. The van der Waals surface area contributed by atoms with Crippen LogP contribution in [0.15, 0.2) is 24.4 Å². The molecule has 7 heteroatoms. The van der Waals surface area contributed by atoms with Crippen LogP contribution in [0.2, 0.25) is 0 Å². The summed E-state index contributed by atoms with van der Waals surface area (Å²) < 4.78 is 10.6. The second-order valence-electron chi connectivity index (χ2n) is 4.38. The average Bonchev–Trinajstić information content (AvgIpc) is 2.89. The van der Waals surface area contributed by atoms with Crippen molar-refractivity contribution >= 4 is 28.9 Å². The second kappa shape index (κ2) is 8.07. The molecule has 1 aromatic heterocycles. The van der Waals surface area contributed by atoms with E-state index in [0.717, 1.165) is 28.5 Å². The zero-order valence-electron chi connectivity index (χ0n) is 12.3. The van der Waals surface area contributed by atoms with Crippen LogP contribution in [0, 0.1) is 0 Å². The van der Waals surface area contributed by atoms with Crippen LogP contribution in [0.25, 0.3) is 0 Å². The quantitative estimate of drug-likeness (QED) is 0.852. The van der Waals surface area contributed by atoms with E-state index in [1.807, 2.05) is 18.2 Å². The van der Waals surface area contributed by atoms with Crippen molar-refractivity contribution in [1.29, 1.82) is 0 Å². The number of benzene rings is 1. The summed E-state index contributed by atoms with van der Waals surface area (Å²) in [6, 6.07) is 6.12. The Kier molecular flexibility index (Phi) is 6.74. The number of nitrogens with zero attached hydrogens (tertiary/aromatic N) is 1. The molecule has 5 nitrogen and oxygen atoms in total. The van der Waals surface area contributed by atoms with E-state index >= 15 is 0 Å². The molecule has 0 aliphatic carbocycles. The van der Waals surface area contributed by atoms with Gasteiger partial charge in [0.15, 0.2) is 16.6 Å². The standard InChI is InChI=1S/C14H19N3O2S.ClH/c1-9(16-7-11-8-17-14(15)20-11)10-4-5-12(18-2)13(6-10)19-3;/h4-6,8-9,16H,7H2,1-3H3,(H2,15,17);1H. The Balaban J connectivity index is 0.00000220. The van der Waals surface area contributed by atoms with Gasteiger partial charge in [0.1, 0.15) is 0 Å². The molecule has 0 fully saturated rings. The first-order valence-electron chi connectivity index (χ1n) is 6.29. The van der Waals surface area contributed by atoms with Gasteiger partial charge in [-0.2, -0.15) is 0 Å². The van der Waals surface area contributed by atoms with E-state index in [-0.39, 0.29) is 18.4 Å². The number of hydrogen-bond donors (Lipinski definition) is 2. The van der Waals surface area contributed by atoms with Gasteiger partial charge in [0.2, 0.25) is 0 Å². The van der Waals surface area contributed by atoms with E-state index in [1.165, 1.54) is 11.3 Å². The van der Waals surface area contributed by atoms with Crippen molar-refractivity contribution in [2.75, 3.05) is 20.0 Å². The van der Waals surface area contributed by atoms with Crippen molar-refractivity contribution < 1.29 is 9.47 Å². The minimum atomic E-state index is 0. The first-order valence-corrected chi connectivity index (χ1v) is 7.11. The minimum Gasteiger partial charge on any atom is -0.493 e. The summed E-state index contributed by atoms with van der Waals surface area (Å²) in [6.07, 6.45) is 1.80. The number of hydrogen-bond acceptors (Lipinski definition) is 6. The summed E-state index contributed by atoms with van der Waals surface area (Å²) in [7, 11) is 3.27. The number of nitrogens with two attached hydrogens (primary N) is 1. The van der Waals surface area contributed by atoms with E-state index in [4.69, 9.17) is 15.2 Å². The molecule has 0 saturated carbocycles. The number of methoxy groups -OCH3 is 2. The van der Waals surface area contributed by atoms with E-state index in [2.05, 4.69) is 17.2 Å². The third-order valence-electron chi connectivity index (χ3n) is 3.06. The predicted molar refractivity (Wildman–Crippen MR) is 88.6 cm³/mol. The van der Waals surface area contributed by atoms with Gasteiger partial charge in [-0.3, -0.25) is 0 Å². The zero-order chi connectivity index (χ0) is 14.5. The first-order chi connectivity index (χ1) is 9.63. The molecular weight excluding hydrogens is 310 g/mol. The van der Waals surface area contributed by atoms with Crippen LogP contribution in [0.1, 0.15) is 23.4 Å². The Morgan fingerprint density at radius 1 is 1.29 bits per heavy atom. The molecule has 0 aliphatic heterocycles. The molecule has 1 heterocycles. The SMILES string of the molecule is COc1ccc(C(C)NCc2cnc(N)s2)cc1OC.Cl. The fourth-order valence-electron chi connectivity index (χ4n) is 1.90. The van der Waals surface area contributed by atoms with Gasteiger partial charge in [-0.25, -0.2) is 4.98 Å². The molecule has 21 heavy (non-hydrogen) atoms. The van der Waals surface area contributed by atoms with Crippen molar-refractivity contribution in [2.45, 2.75) is 19.5 Å². The maximum atomic E-state index is 5.62. The monoisotopic (exact) mass is 329 g/mol. The van der Waals surface area contributed by atoms with Crippen molar-refractivity contribution in [3.63, 3.8) is 0 Å². The lowest BCUT2D eigenvalue weighted by Crippen LogP contribution is -2.17. The topological polar surface area (TPSA) is 69.4 Å². The van der Waals surface area contributed by atoms with Gasteiger partial charge >= 0.3 is 0 Å². The van der Waals surface area contributed by atoms with Gasteiger partial charge in [0.05, 0.1) is 14.2 Å². The van der Waals surface area contributed by atoms with Gasteiger partial charge in [-0.05, 0) is 24.6 Å². The van der Waals surface area contributed by atoms with Gasteiger partial charge in [-0.1, -0.05) is 6.07 Å². The highest BCUT2D eigenvalue weighted by atomic mass is 35.5. The number of thiazole rings is 1. The Hall–Kier alpha value is -1.50. The Morgan fingerprint density at radius 3 is 2.57 bits per heavy atom. The largest absolute Gasteiger partial charge is 0.493 e. The maximum Gasteiger partial charge on any atom is 0.180 e. The number of ether oxygens (including phenoxy) is 2. The summed E-state index contributed by atoms with van der Waals surface area (Å²) in [5.41, 5.74) is 6.75. The molecular formula is C14H20ClN3O2S. The van der Waals surface area contributed by atoms with Crippen LogP contribution < -0.4 is 20.5 Å². The van der Waals surface area contributed by atoms with E-state index in [0.29, 0.717) is 5.13 Å². The van der Waals surface area contributed by atoms with E-state index in [1.54, 1.807) is 20.4 Å². The van der Waals surface area contributed by atoms with Gasteiger partial charge < -0.3 is 20.5 Å². The molecule has 0 spiro atoms. The normalized spacial score (nSPS) is 11.6. The fourth-order valence-corrected chi connectivity index (χ4v) is 2.53. The number of rotatable bonds is 6. The molecule has 0 amide bonds.